The number of nitrogens with zero attached hydrogens (tertiary/aromatic N) is 2. The fraction of sp³-hybridized carbons (Fsp3) is 0.533. The molecule has 4 heteroatoms. The minimum atomic E-state index is -0.413. The Balaban J connectivity index is 1.78. The molecule has 1 amide bonds. The Morgan fingerprint density at radius 1 is 1.32 bits per heavy atom. The molecule has 0 spiro atoms. The van der Waals surface area contributed by atoms with Crippen molar-refractivity contribution in [3.05, 3.63) is 35.1 Å². The Labute approximate surface area is 113 Å². The van der Waals surface area contributed by atoms with E-state index in [9.17, 15) is 9.18 Å². The van der Waals surface area contributed by atoms with Crippen LogP contribution in [0.15, 0.2) is 18.2 Å². The minimum Gasteiger partial charge on any atom is -0.336 e. The van der Waals surface area contributed by atoms with Gasteiger partial charge in [0.05, 0.1) is 5.56 Å². The third kappa shape index (κ3) is 2.37. The van der Waals surface area contributed by atoms with Crippen LogP contribution in [0.2, 0.25) is 0 Å². The van der Waals surface area contributed by atoms with Crippen molar-refractivity contribution in [2.75, 3.05) is 26.2 Å². The van der Waals surface area contributed by atoms with Crippen LogP contribution in [0, 0.1) is 12.7 Å². The largest absolute Gasteiger partial charge is 0.336 e. The molecule has 0 aromatic heterocycles. The molecule has 2 aliphatic heterocycles. The summed E-state index contributed by atoms with van der Waals surface area (Å²) in [6, 6.07) is 5.21. The van der Waals surface area contributed by atoms with Gasteiger partial charge in [-0.25, -0.2) is 4.39 Å². The first-order valence-corrected chi connectivity index (χ1v) is 6.94. The van der Waals surface area contributed by atoms with Crippen molar-refractivity contribution >= 4 is 5.91 Å². The summed E-state index contributed by atoms with van der Waals surface area (Å²) in [7, 11) is 0. The fourth-order valence-corrected chi connectivity index (χ4v) is 3.15. The average Bonchev–Trinajstić information content (AvgIpc) is 2.88. The number of hydrogen-bond acceptors (Lipinski definition) is 2. The van der Waals surface area contributed by atoms with Gasteiger partial charge in [0.15, 0.2) is 0 Å². The van der Waals surface area contributed by atoms with Crippen molar-refractivity contribution in [1.82, 2.24) is 9.80 Å². The van der Waals surface area contributed by atoms with Crippen molar-refractivity contribution in [3.8, 4) is 0 Å². The molecule has 1 aromatic rings. The van der Waals surface area contributed by atoms with Crippen LogP contribution in [0.3, 0.4) is 0 Å². The molecular formula is C15H19FN2O. The second kappa shape index (κ2) is 4.93. The van der Waals surface area contributed by atoms with Gasteiger partial charge in [-0.15, -0.1) is 0 Å². The van der Waals surface area contributed by atoms with E-state index in [1.165, 1.54) is 12.5 Å². The van der Waals surface area contributed by atoms with Gasteiger partial charge in [0.1, 0.15) is 5.82 Å². The molecule has 1 aromatic carbocycles. The Morgan fingerprint density at radius 2 is 2.16 bits per heavy atom. The summed E-state index contributed by atoms with van der Waals surface area (Å²) in [5.74, 6) is -0.572. The first-order valence-electron chi connectivity index (χ1n) is 6.94. The van der Waals surface area contributed by atoms with Gasteiger partial charge in [-0.05, 0) is 38.4 Å². The van der Waals surface area contributed by atoms with E-state index in [-0.39, 0.29) is 11.5 Å². The van der Waals surface area contributed by atoms with Gasteiger partial charge in [0.25, 0.3) is 5.91 Å². The third-order valence-electron chi connectivity index (χ3n) is 4.23. The van der Waals surface area contributed by atoms with E-state index in [0.29, 0.717) is 12.6 Å². The first kappa shape index (κ1) is 12.6. The minimum absolute atomic E-state index is 0.159. The van der Waals surface area contributed by atoms with E-state index in [0.717, 1.165) is 31.6 Å². The van der Waals surface area contributed by atoms with Crippen molar-refractivity contribution in [2.24, 2.45) is 0 Å². The highest BCUT2D eigenvalue weighted by atomic mass is 19.1. The number of carbonyl (C=O) groups is 1. The molecule has 0 radical (unpaired) electrons. The van der Waals surface area contributed by atoms with Crippen molar-refractivity contribution in [2.45, 2.75) is 25.8 Å². The summed E-state index contributed by atoms with van der Waals surface area (Å²) in [5, 5.41) is 0. The second-order valence-electron chi connectivity index (χ2n) is 5.57. The second-order valence-corrected chi connectivity index (χ2v) is 5.57. The van der Waals surface area contributed by atoms with E-state index < -0.39 is 5.82 Å². The van der Waals surface area contributed by atoms with Gasteiger partial charge in [-0.2, -0.15) is 0 Å². The molecule has 0 bridgehead atoms. The van der Waals surface area contributed by atoms with E-state index in [2.05, 4.69) is 4.90 Å². The molecule has 2 heterocycles. The van der Waals surface area contributed by atoms with Crippen molar-refractivity contribution < 1.29 is 9.18 Å². The highest BCUT2D eigenvalue weighted by Crippen LogP contribution is 2.23. The van der Waals surface area contributed by atoms with E-state index in [1.807, 2.05) is 11.8 Å². The molecule has 2 aliphatic rings. The van der Waals surface area contributed by atoms with Gasteiger partial charge in [0.2, 0.25) is 0 Å². The van der Waals surface area contributed by atoms with E-state index in [4.69, 9.17) is 0 Å². The number of rotatable bonds is 1. The summed E-state index contributed by atoms with van der Waals surface area (Å²) < 4.78 is 13.8. The number of aryl methyl sites for hydroxylation is 1. The Hall–Kier alpha value is -1.42. The SMILES string of the molecule is Cc1ccc(F)c(C(=O)N2CCN3CCCC3C2)c1. The lowest BCUT2D eigenvalue weighted by Gasteiger charge is -2.37. The van der Waals surface area contributed by atoms with Gasteiger partial charge in [0, 0.05) is 25.7 Å². The lowest BCUT2D eigenvalue weighted by atomic mass is 10.1. The molecule has 1 unspecified atom stereocenters. The molecule has 0 saturated carbocycles. The predicted octanol–water partition coefficient (Wildman–Crippen LogP) is 2.05. The third-order valence-corrected chi connectivity index (χ3v) is 4.23. The summed E-state index contributed by atoms with van der Waals surface area (Å²) in [6.45, 7) is 5.40. The monoisotopic (exact) mass is 262 g/mol. The molecule has 3 nitrogen and oxygen atoms in total. The Kier molecular flexibility index (Phi) is 3.27. The standard InChI is InChI=1S/C15H19FN2O/c1-11-4-5-14(16)13(9-11)15(19)18-8-7-17-6-2-3-12(17)10-18/h4-5,9,12H,2-3,6-8,10H2,1H3. The van der Waals surface area contributed by atoms with Gasteiger partial charge in [-0.1, -0.05) is 11.6 Å². The Morgan fingerprint density at radius 3 is 3.00 bits per heavy atom. The molecule has 0 N–H and O–H groups in total. The van der Waals surface area contributed by atoms with Gasteiger partial charge >= 0.3 is 0 Å². The van der Waals surface area contributed by atoms with Gasteiger partial charge < -0.3 is 4.90 Å². The number of amides is 1. The number of halogens is 1. The summed E-state index contributed by atoms with van der Waals surface area (Å²) in [4.78, 5) is 16.7. The highest BCUT2D eigenvalue weighted by molar-refractivity contribution is 5.94. The Bertz CT molecular complexity index is 503. The topological polar surface area (TPSA) is 23.6 Å². The number of hydrogen-bond donors (Lipinski definition) is 0. The zero-order valence-electron chi connectivity index (χ0n) is 11.2. The zero-order valence-corrected chi connectivity index (χ0v) is 11.2. The molecule has 0 aliphatic carbocycles. The van der Waals surface area contributed by atoms with Gasteiger partial charge in [-0.3, -0.25) is 9.69 Å². The fourth-order valence-electron chi connectivity index (χ4n) is 3.15. The number of fused-ring (bicyclic) bond motifs is 1. The smallest absolute Gasteiger partial charge is 0.256 e. The molecule has 19 heavy (non-hydrogen) atoms. The highest BCUT2D eigenvalue weighted by Gasteiger charge is 2.33. The lowest BCUT2D eigenvalue weighted by Crippen LogP contribution is -2.52. The van der Waals surface area contributed by atoms with Crippen LogP contribution in [-0.2, 0) is 0 Å². The quantitative estimate of drug-likeness (QED) is 0.773. The van der Waals surface area contributed by atoms with E-state index >= 15 is 0 Å². The number of benzene rings is 1. The molecular weight excluding hydrogens is 243 g/mol. The van der Waals surface area contributed by atoms with Crippen molar-refractivity contribution in [1.29, 1.82) is 0 Å². The van der Waals surface area contributed by atoms with Crippen LogP contribution in [-0.4, -0.2) is 47.9 Å². The summed E-state index contributed by atoms with van der Waals surface area (Å²) in [5.41, 5.74) is 1.13. The maximum Gasteiger partial charge on any atom is 0.256 e. The maximum atomic E-state index is 13.8. The van der Waals surface area contributed by atoms with Crippen molar-refractivity contribution in [3.63, 3.8) is 0 Å². The van der Waals surface area contributed by atoms with E-state index in [1.54, 1.807) is 12.1 Å². The first-order chi connectivity index (χ1) is 9.15. The molecule has 102 valence electrons. The summed E-state index contributed by atoms with van der Waals surface area (Å²) >= 11 is 0. The van der Waals surface area contributed by atoms with Crippen LogP contribution in [0.1, 0.15) is 28.8 Å². The zero-order chi connectivity index (χ0) is 13.4. The van der Waals surface area contributed by atoms with Crippen LogP contribution < -0.4 is 0 Å². The maximum absolute atomic E-state index is 13.8. The molecule has 3 rings (SSSR count). The van der Waals surface area contributed by atoms with Crippen LogP contribution in [0.4, 0.5) is 4.39 Å². The number of piperazine rings is 1. The van der Waals surface area contributed by atoms with Crippen LogP contribution in [0.25, 0.3) is 0 Å². The molecule has 1 atom stereocenters. The number of carbonyl (C=O) groups excluding carboxylic acids is 1. The lowest BCUT2D eigenvalue weighted by molar-refractivity contribution is 0.0567. The average molecular weight is 262 g/mol. The van der Waals surface area contributed by atoms with Crippen LogP contribution in [0.5, 0.6) is 0 Å². The summed E-state index contributed by atoms with van der Waals surface area (Å²) in [6.07, 6.45) is 2.37. The predicted molar refractivity (Wildman–Crippen MR) is 71.6 cm³/mol. The normalized spacial score (nSPS) is 23.5. The molecule has 2 fully saturated rings. The molecule has 2 saturated heterocycles. The van der Waals surface area contributed by atoms with Crippen LogP contribution >= 0.6 is 0 Å².